The maximum atomic E-state index is 11.1. The summed E-state index contributed by atoms with van der Waals surface area (Å²) in [6.07, 6.45) is 2.18. The van der Waals surface area contributed by atoms with Gasteiger partial charge in [-0.2, -0.15) is 0 Å². The number of carbonyl (C=O) groups excluding carboxylic acids is 1. The molecule has 0 amide bonds. The van der Waals surface area contributed by atoms with E-state index in [0.29, 0.717) is 0 Å². The van der Waals surface area contributed by atoms with E-state index in [1.54, 1.807) is 0 Å². The van der Waals surface area contributed by atoms with E-state index in [-0.39, 0.29) is 9.77 Å². The molecule has 0 saturated carbocycles. The summed E-state index contributed by atoms with van der Waals surface area (Å²) in [4.78, 5) is 10.9. The SMILES string of the molecule is CS(=O)(=O)c1ccsc1C(=O)OC#N. The van der Waals surface area contributed by atoms with Gasteiger partial charge in [0.25, 0.3) is 6.26 Å². The van der Waals surface area contributed by atoms with Gasteiger partial charge in [-0.3, -0.25) is 0 Å². The smallest absolute Gasteiger partial charge is 0.346 e. The lowest BCUT2D eigenvalue weighted by Crippen LogP contribution is -2.05. The summed E-state index contributed by atoms with van der Waals surface area (Å²) in [5.41, 5.74) is 0. The van der Waals surface area contributed by atoms with E-state index in [0.717, 1.165) is 17.6 Å². The molecule has 0 fully saturated rings. The number of ether oxygens (including phenoxy) is 1. The summed E-state index contributed by atoms with van der Waals surface area (Å²) in [6.45, 7) is 0. The van der Waals surface area contributed by atoms with Crippen molar-refractivity contribution in [3.05, 3.63) is 16.3 Å². The highest BCUT2D eigenvalue weighted by atomic mass is 32.2. The summed E-state index contributed by atoms with van der Waals surface area (Å²) >= 11 is 0.920. The van der Waals surface area contributed by atoms with Gasteiger partial charge in [-0.25, -0.2) is 13.2 Å². The summed E-state index contributed by atoms with van der Waals surface area (Å²) in [5, 5.41) is 9.54. The molecule has 0 bridgehead atoms. The molecule has 1 heterocycles. The zero-order valence-corrected chi connectivity index (χ0v) is 8.68. The molecule has 7 heteroatoms. The van der Waals surface area contributed by atoms with Gasteiger partial charge in [0.1, 0.15) is 4.88 Å². The van der Waals surface area contributed by atoms with Gasteiger partial charge in [-0.15, -0.1) is 16.6 Å². The molecule has 0 N–H and O–H groups in total. The fourth-order valence-corrected chi connectivity index (χ4v) is 2.91. The third kappa shape index (κ3) is 2.10. The van der Waals surface area contributed by atoms with Gasteiger partial charge in [0.05, 0.1) is 4.90 Å². The van der Waals surface area contributed by atoms with Crippen molar-refractivity contribution in [2.24, 2.45) is 0 Å². The number of esters is 1. The Labute approximate surface area is 84.5 Å². The van der Waals surface area contributed by atoms with E-state index >= 15 is 0 Å². The van der Waals surface area contributed by atoms with Crippen molar-refractivity contribution in [2.75, 3.05) is 6.26 Å². The number of sulfone groups is 1. The Morgan fingerprint density at radius 1 is 1.64 bits per heavy atom. The normalized spacial score (nSPS) is 10.6. The highest BCUT2D eigenvalue weighted by molar-refractivity contribution is 7.91. The van der Waals surface area contributed by atoms with Crippen molar-refractivity contribution in [3.63, 3.8) is 0 Å². The molecular weight excluding hydrogens is 226 g/mol. The Morgan fingerprint density at radius 2 is 2.29 bits per heavy atom. The average molecular weight is 231 g/mol. The van der Waals surface area contributed by atoms with Gasteiger partial charge in [0.15, 0.2) is 9.84 Å². The van der Waals surface area contributed by atoms with Gasteiger partial charge in [-0.1, -0.05) is 0 Å². The molecule has 0 radical (unpaired) electrons. The number of hydrogen-bond donors (Lipinski definition) is 0. The van der Waals surface area contributed by atoms with Crippen LogP contribution >= 0.6 is 11.3 Å². The number of rotatable bonds is 2. The topological polar surface area (TPSA) is 84.2 Å². The van der Waals surface area contributed by atoms with Crippen LogP contribution in [-0.4, -0.2) is 20.6 Å². The minimum Gasteiger partial charge on any atom is -0.346 e. The van der Waals surface area contributed by atoms with Crippen LogP contribution in [0.5, 0.6) is 0 Å². The molecule has 74 valence electrons. The Kier molecular flexibility index (Phi) is 2.88. The Morgan fingerprint density at radius 3 is 2.79 bits per heavy atom. The molecule has 1 aromatic rings. The van der Waals surface area contributed by atoms with Crippen molar-refractivity contribution in [1.29, 1.82) is 5.26 Å². The maximum Gasteiger partial charge on any atom is 0.364 e. The van der Waals surface area contributed by atoms with Crippen LogP contribution in [-0.2, 0) is 14.6 Å². The van der Waals surface area contributed by atoms with Gasteiger partial charge in [0.2, 0.25) is 0 Å². The molecule has 1 aromatic heterocycles. The standard InChI is InChI=1S/C7H5NO4S2/c1-14(10,11)5-2-3-13-6(5)7(9)12-4-8/h2-3H,1H3. The van der Waals surface area contributed by atoms with Crippen LogP contribution in [0.2, 0.25) is 0 Å². The Hall–Kier alpha value is -1.39. The first-order chi connectivity index (χ1) is 6.46. The molecule has 1 rings (SSSR count). The van der Waals surface area contributed by atoms with E-state index in [9.17, 15) is 13.2 Å². The van der Waals surface area contributed by atoms with E-state index in [4.69, 9.17) is 5.26 Å². The molecule has 0 aliphatic carbocycles. The minimum absolute atomic E-state index is 0.0750. The zero-order chi connectivity index (χ0) is 10.8. The summed E-state index contributed by atoms with van der Waals surface area (Å²) in [6, 6.07) is 1.30. The second-order valence-electron chi connectivity index (χ2n) is 2.37. The van der Waals surface area contributed by atoms with Crippen molar-refractivity contribution < 1.29 is 17.9 Å². The lowest BCUT2D eigenvalue weighted by Gasteiger charge is -1.96. The molecule has 0 unspecified atom stereocenters. The van der Waals surface area contributed by atoms with Gasteiger partial charge >= 0.3 is 5.97 Å². The monoisotopic (exact) mass is 231 g/mol. The fourth-order valence-electron chi connectivity index (χ4n) is 0.826. The molecule has 0 spiro atoms. The van der Waals surface area contributed by atoms with Crippen LogP contribution in [0.25, 0.3) is 0 Å². The van der Waals surface area contributed by atoms with Crippen LogP contribution in [0.1, 0.15) is 9.67 Å². The van der Waals surface area contributed by atoms with Crippen molar-refractivity contribution in [1.82, 2.24) is 0 Å². The second-order valence-corrected chi connectivity index (χ2v) is 5.27. The molecule has 14 heavy (non-hydrogen) atoms. The third-order valence-electron chi connectivity index (χ3n) is 1.35. The predicted octanol–water partition coefficient (Wildman–Crippen LogP) is 0.789. The number of nitrogens with zero attached hydrogens (tertiary/aromatic N) is 1. The molecule has 0 atom stereocenters. The van der Waals surface area contributed by atoms with Gasteiger partial charge < -0.3 is 4.74 Å². The number of thiophene rings is 1. The first kappa shape index (κ1) is 10.7. The number of hydrogen-bond acceptors (Lipinski definition) is 6. The molecule has 5 nitrogen and oxygen atoms in total. The highest BCUT2D eigenvalue weighted by Gasteiger charge is 2.21. The summed E-state index contributed by atoms with van der Waals surface area (Å²) < 4.78 is 26.3. The number of nitriles is 1. The molecule has 0 saturated heterocycles. The average Bonchev–Trinajstić information content (AvgIpc) is 2.50. The highest BCUT2D eigenvalue weighted by Crippen LogP contribution is 2.22. The van der Waals surface area contributed by atoms with Crippen LogP contribution < -0.4 is 0 Å². The van der Waals surface area contributed by atoms with E-state index in [1.165, 1.54) is 17.7 Å². The predicted molar refractivity (Wildman–Crippen MR) is 48.5 cm³/mol. The van der Waals surface area contributed by atoms with E-state index in [1.807, 2.05) is 0 Å². The van der Waals surface area contributed by atoms with Crippen LogP contribution in [0, 0.1) is 11.5 Å². The van der Waals surface area contributed by atoms with Crippen LogP contribution in [0.15, 0.2) is 16.3 Å². The van der Waals surface area contributed by atoms with Gasteiger partial charge in [-0.05, 0) is 11.4 Å². The fraction of sp³-hybridized carbons (Fsp3) is 0.143. The molecular formula is C7H5NO4S2. The van der Waals surface area contributed by atoms with Crippen molar-refractivity contribution >= 4 is 27.1 Å². The van der Waals surface area contributed by atoms with Crippen LogP contribution in [0.4, 0.5) is 0 Å². The maximum absolute atomic E-state index is 11.1. The molecule has 0 aromatic carbocycles. The third-order valence-corrected chi connectivity index (χ3v) is 3.52. The lowest BCUT2D eigenvalue weighted by molar-refractivity contribution is 0.0686. The largest absolute Gasteiger partial charge is 0.364 e. The first-order valence-corrected chi connectivity index (χ1v) is 6.11. The summed E-state index contributed by atoms with van der Waals surface area (Å²) in [7, 11) is -3.45. The molecule has 0 aliphatic heterocycles. The lowest BCUT2D eigenvalue weighted by atomic mass is 10.5. The van der Waals surface area contributed by atoms with Crippen LogP contribution in [0.3, 0.4) is 0 Å². The van der Waals surface area contributed by atoms with Gasteiger partial charge in [0, 0.05) is 6.26 Å². The first-order valence-electron chi connectivity index (χ1n) is 3.34. The Balaban J connectivity index is 3.20. The second kappa shape index (κ2) is 3.77. The van der Waals surface area contributed by atoms with Crippen molar-refractivity contribution in [2.45, 2.75) is 4.90 Å². The Bertz CT molecular complexity index is 494. The van der Waals surface area contributed by atoms with E-state index in [2.05, 4.69) is 4.74 Å². The van der Waals surface area contributed by atoms with E-state index < -0.39 is 15.8 Å². The van der Waals surface area contributed by atoms with Crippen molar-refractivity contribution in [3.8, 4) is 6.26 Å². The summed E-state index contributed by atoms with van der Waals surface area (Å²) in [5.74, 6) is -0.942. The number of carbonyl (C=O) groups is 1. The quantitative estimate of drug-likeness (QED) is 0.555. The molecule has 0 aliphatic rings. The zero-order valence-electron chi connectivity index (χ0n) is 7.05. The minimum atomic E-state index is -3.45.